The molecule has 3 aromatic rings. The third kappa shape index (κ3) is 3.31. The topological polar surface area (TPSA) is 79.4 Å². The smallest absolute Gasteiger partial charge is 0.264 e. The van der Waals surface area contributed by atoms with Crippen molar-refractivity contribution in [3.8, 4) is 0 Å². The maximum Gasteiger partial charge on any atom is 0.264 e. The van der Waals surface area contributed by atoms with Crippen molar-refractivity contribution in [2.45, 2.75) is 25.9 Å². The zero-order valence-electron chi connectivity index (χ0n) is 14.5. The minimum Gasteiger partial charge on any atom is -0.382 e. The summed E-state index contributed by atoms with van der Waals surface area (Å²) in [5.74, 6) is -0.131. The van der Waals surface area contributed by atoms with Crippen molar-refractivity contribution >= 4 is 22.5 Å². The number of rotatable bonds is 5. The normalized spacial score (nSPS) is 16.3. The van der Waals surface area contributed by atoms with Gasteiger partial charge in [0, 0.05) is 48.0 Å². The standard InChI is InChI=1S/C20H20N4O2/c1-13-2-3-16-15(12-23-18(16)10-13)6-9-22-20(25)19-11-17(24-26-19)14-4-7-21-8-5-14/h2-5,7-8,10,12,19,23H,6,9,11H2,1H3,(H,22,25)/t19-/m0/s1. The maximum atomic E-state index is 12.3. The van der Waals surface area contributed by atoms with Gasteiger partial charge in [0.2, 0.25) is 6.10 Å². The van der Waals surface area contributed by atoms with E-state index in [0.717, 1.165) is 23.2 Å². The van der Waals surface area contributed by atoms with Crippen LogP contribution in [0.3, 0.4) is 0 Å². The summed E-state index contributed by atoms with van der Waals surface area (Å²) in [4.78, 5) is 24.9. The van der Waals surface area contributed by atoms with Crippen LogP contribution in [0.1, 0.15) is 23.1 Å². The average molecular weight is 348 g/mol. The number of carbonyl (C=O) groups excluding carboxylic acids is 1. The Hall–Kier alpha value is -3.15. The van der Waals surface area contributed by atoms with Gasteiger partial charge in [-0.05, 0) is 42.7 Å². The highest BCUT2D eigenvalue weighted by atomic mass is 16.6. The molecule has 0 radical (unpaired) electrons. The van der Waals surface area contributed by atoms with Crippen molar-refractivity contribution in [2.24, 2.45) is 5.16 Å². The Morgan fingerprint density at radius 1 is 1.31 bits per heavy atom. The summed E-state index contributed by atoms with van der Waals surface area (Å²) < 4.78 is 0. The Balaban J connectivity index is 1.31. The first-order valence-corrected chi connectivity index (χ1v) is 8.68. The Bertz CT molecular complexity index is 962. The molecule has 1 amide bonds. The molecule has 2 N–H and O–H groups in total. The van der Waals surface area contributed by atoms with Crippen molar-refractivity contribution in [2.75, 3.05) is 6.54 Å². The molecule has 0 fully saturated rings. The van der Waals surface area contributed by atoms with Crippen LogP contribution in [0, 0.1) is 6.92 Å². The van der Waals surface area contributed by atoms with Gasteiger partial charge in [0.15, 0.2) is 0 Å². The fourth-order valence-electron chi connectivity index (χ4n) is 3.17. The molecule has 132 valence electrons. The molecule has 6 nitrogen and oxygen atoms in total. The predicted molar refractivity (Wildman–Crippen MR) is 100 cm³/mol. The third-order valence-electron chi connectivity index (χ3n) is 4.59. The van der Waals surface area contributed by atoms with Crippen molar-refractivity contribution in [3.05, 3.63) is 65.6 Å². The quantitative estimate of drug-likeness (QED) is 0.744. The molecule has 0 bridgehead atoms. The van der Waals surface area contributed by atoms with Crippen LogP contribution in [0.25, 0.3) is 10.9 Å². The van der Waals surface area contributed by atoms with E-state index in [1.54, 1.807) is 12.4 Å². The minimum absolute atomic E-state index is 0.131. The van der Waals surface area contributed by atoms with Gasteiger partial charge in [-0.15, -0.1) is 0 Å². The fourth-order valence-corrected chi connectivity index (χ4v) is 3.17. The van der Waals surface area contributed by atoms with Gasteiger partial charge < -0.3 is 15.1 Å². The van der Waals surface area contributed by atoms with Crippen LogP contribution in [-0.2, 0) is 16.1 Å². The zero-order chi connectivity index (χ0) is 17.9. The monoisotopic (exact) mass is 348 g/mol. The van der Waals surface area contributed by atoms with Crippen molar-refractivity contribution in [3.63, 3.8) is 0 Å². The van der Waals surface area contributed by atoms with Crippen LogP contribution in [0.2, 0.25) is 0 Å². The average Bonchev–Trinajstić information content (AvgIpc) is 3.30. The molecule has 0 aliphatic carbocycles. The first kappa shape index (κ1) is 16.3. The molecule has 4 rings (SSSR count). The second-order valence-corrected chi connectivity index (χ2v) is 6.48. The van der Waals surface area contributed by atoms with Gasteiger partial charge in [0.1, 0.15) is 0 Å². The SMILES string of the molecule is Cc1ccc2c(CCNC(=O)[C@@H]3CC(c4ccncc4)=NO3)c[nH]c2c1. The fraction of sp³-hybridized carbons (Fsp3) is 0.250. The highest BCUT2D eigenvalue weighted by Gasteiger charge is 2.28. The summed E-state index contributed by atoms with van der Waals surface area (Å²) in [6, 6.07) is 10.1. The van der Waals surface area contributed by atoms with Gasteiger partial charge >= 0.3 is 0 Å². The number of nitrogens with zero attached hydrogens (tertiary/aromatic N) is 2. The molecular formula is C20H20N4O2. The summed E-state index contributed by atoms with van der Waals surface area (Å²) in [7, 11) is 0. The Morgan fingerprint density at radius 2 is 2.15 bits per heavy atom. The largest absolute Gasteiger partial charge is 0.382 e. The number of nitrogens with one attached hydrogen (secondary N) is 2. The number of fused-ring (bicyclic) bond motifs is 1. The number of benzene rings is 1. The lowest BCUT2D eigenvalue weighted by molar-refractivity contribution is -0.131. The Morgan fingerprint density at radius 3 is 3.00 bits per heavy atom. The van der Waals surface area contributed by atoms with E-state index in [-0.39, 0.29) is 5.91 Å². The van der Waals surface area contributed by atoms with E-state index < -0.39 is 6.10 Å². The molecule has 0 saturated heterocycles. The molecule has 1 aliphatic heterocycles. The van der Waals surface area contributed by atoms with E-state index in [9.17, 15) is 4.79 Å². The first-order valence-electron chi connectivity index (χ1n) is 8.68. The minimum atomic E-state index is -0.566. The van der Waals surface area contributed by atoms with Crippen molar-refractivity contribution in [1.29, 1.82) is 0 Å². The number of pyridine rings is 1. The molecule has 1 atom stereocenters. The number of hydrogen-bond donors (Lipinski definition) is 2. The molecule has 3 heterocycles. The van der Waals surface area contributed by atoms with Crippen LogP contribution in [0.15, 0.2) is 54.1 Å². The van der Waals surface area contributed by atoms with Gasteiger partial charge in [-0.1, -0.05) is 17.3 Å². The van der Waals surface area contributed by atoms with Gasteiger partial charge in [-0.25, -0.2) is 0 Å². The third-order valence-corrected chi connectivity index (χ3v) is 4.59. The molecule has 26 heavy (non-hydrogen) atoms. The van der Waals surface area contributed by atoms with Gasteiger partial charge in [-0.3, -0.25) is 9.78 Å². The van der Waals surface area contributed by atoms with Gasteiger partial charge in [-0.2, -0.15) is 0 Å². The zero-order valence-corrected chi connectivity index (χ0v) is 14.5. The highest BCUT2D eigenvalue weighted by molar-refractivity contribution is 6.03. The lowest BCUT2D eigenvalue weighted by atomic mass is 10.1. The second-order valence-electron chi connectivity index (χ2n) is 6.48. The molecule has 6 heteroatoms. The maximum absolute atomic E-state index is 12.3. The van der Waals surface area contributed by atoms with Crippen molar-refractivity contribution in [1.82, 2.24) is 15.3 Å². The van der Waals surface area contributed by atoms with E-state index in [4.69, 9.17) is 4.84 Å². The molecule has 0 saturated carbocycles. The van der Waals surface area contributed by atoms with Gasteiger partial charge in [0.25, 0.3) is 5.91 Å². The summed E-state index contributed by atoms with van der Waals surface area (Å²) in [5, 5.41) is 8.19. The molecular weight excluding hydrogens is 328 g/mol. The predicted octanol–water partition coefficient (Wildman–Crippen LogP) is 2.72. The van der Waals surface area contributed by atoms with E-state index in [1.807, 2.05) is 18.3 Å². The van der Waals surface area contributed by atoms with Crippen LogP contribution >= 0.6 is 0 Å². The summed E-state index contributed by atoms with van der Waals surface area (Å²) in [6.07, 6.45) is 6.08. The highest BCUT2D eigenvalue weighted by Crippen LogP contribution is 2.20. The summed E-state index contributed by atoms with van der Waals surface area (Å²) in [6.45, 7) is 2.63. The van der Waals surface area contributed by atoms with E-state index in [1.165, 1.54) is 16.5 Å². The first-order chi connectivity index (χ1) is 12.7. The molecule has 1 aromatic carbocycles. The van der Waals surface area contributed by atoms with E-state index in [0.29, 0.717) is 13.0 Å². The van der Waals surface area contributed by atoms with Gasteiger partial charge in [0.05, 0.1) is 5.71 Å². The number of carbonyl (C=O) groups is 1. The molecule has 0 unspecified atom stereocenters. The Labute approximate surface area is 151 Å². The number of aromatic amines is 1. The number of aromatic nitrogens is 2. The number of amides is 1. The lowest BCUT2D eigenvalue weighted by Crippen LogP contribution is -2.35. The van der Waals surface area contributed by atoms with E-state index in [2.05, 4.69) is 45.6 Å². The lowest BCUT2D eigenvalue weighted by Gasteiger charge is -2.09. The number of aryl methyl sites for hydroxylation is 1. The van der Waals surface area contributed by atoms with Crippen molar-refractivity contribution < 1.29 is 9.63 Å². The molecule has 0 spiro atoms. The van der Waals surface area contributed by atoms with Crippen LogP contribution in [0.4, 0.5) is 0 Å². The molecule has 2 aromatic heterocycles. The Kier molecular flexibility index (Phi) is 4.39. The number of oxime groups is 1. The second kappa shape index (κ2) is 7.00. The van der Waals surface area contributed by atoms with Crippen LogP contribution in [-0.4, -0.2) is 34.2 Å². The van der Waals surface area contributed by atoms with Crippen LogP contribution in [0.5, 0.6) is 0 Å². The number of hydrogen-bond acceptors (Lipinski definition) is 4. The summed E-state index contributed by atoms with van der Waals surface area (Å²) >= 11 is 0. The van der Waals surface area contributed by atoms with Crippen LogP contribution < -0.4 is 5.32 Å². The number of H-pyrrole nitrogens is 1. The van der Waals surface area contributed by atoms with E-state index >= 15 is 0 Å². The molecule has 1 aliphatic rings. The summed E-state index contributed by atoms with van der Waals surface area (Å²) in [5.41, 5.74) is 5.26.